The van der Waals surface area contributed by atoms with Crippen LogP contribution in [-0.4, -0.2) is 33.8 Å². The van der Waals surface area contributed by atoms with E-state index in [9.17, 15) is 4.39 Å². The molecule has 1 aromatic heterocycles. The monoisotopic (exact) mass is 288 g/mol. The molecule has 0 spiro atoms. The Bertz CT molecular complexity index is 578. The van der Waals surface area contributed by atoms with Crippen molar-refractivity contribution < 1.29 is 4.39 Å². The van der Waals surface area contributed by atoms with Gasteiger partial charge in [-0.2, -0.15) is 5.10 Å². The maximum absolute atomic E-state index is 12.9. The molecule has 1 aromatic carbocycles. The van der Waals surface area contributed by atoms with E-state index in [4.69, 9.17) is 5.73 Å². The van der Waals surface area contributed by atoms with Crippen LogP contribution < -0.4 is 5.73 Å². The summed E-state index contributed by atoms with van der Waals surface area (Å²) in [5, 5.41) is 4.38. The summed E-state index contributed by atoms with van der Waals surface area (Å²) in [5.41, 5.74) is 8.25. The Balaban J connectivity index is 1.59. The van der Waals surface area contributed by atoms with Crippen molar-refractivity contribution in [2.75, 3.05) is 13.1 Å². The number of nitrogens with zero attached hydrogens (tertiary/aromatic N) is 3. The van der Waals surface area contributed by atoms with Crippen molar-refractivity contribution in [3.63, 3.8) is 0 Å². The molecule has 21 heavy (non-hydrogen) atoms. The third-order valence-corrected chi connectivity index (χ3v) is 3.89. The highest BCUT2D eigenvalue weighted by Gasteiger charge is 2.17. The van der Waals surface area contributed by atoms with Crippen LogP contribution in [0.2, 0.25) is 0 Å². The first-order chi connectivity index (χ1) is 10.2. The first-order valence-electron chi connectivity index (χ1n) is 7.43. The van der Waals surface area contributed by atoms with Gasteiger partial charge in [0, 0.05) is 30.9 Å². The number of likely N-dealkylation sites (tertiary alicyclic amines) is 1. The Morgan fingerprint density at radius 1 is 1.19 bits per heavy atom. The normalized spacial score (nSPS) is 19.8. The average molecular weight is 288 g/mol. The van der Waals surface area contributed by atoms with Gasteiger partial charge in [-0.05, 0) is 37.1 Å². The topological polar surface area (TPSA) is 47.1 Å². The van der Waals surface area contributed by atoms with Crippen molar-refractivity contribution >= 4 is 0 Å². The third-order valence-electron chi connectivity index (χ3n) is 3.89. The van der Waals surface area contributed by atoms with Gasteiger partial charge in [0.05, 0.1) is 12.7 Å². The van der Waals surface area contributed by atoms with E-state index in [0.29, 0.717) is 12.6 Å². The Hall–Kier alpha value is -1.72. The lowest BCUT2D eigenvalue weighted by Gasteiger charge is -2.30. The second kappa shape index (κ2) is 6.37. The molecule has 0 amide bonds. The maximum atomic E-state index is 12.9. The zero-order valence-electron chi connectivity index (χ0n) is 12.1. The lowest BCUT2D eigenvalue weighted by Crippen LogP contribution is -2.42. The molecule has 5 heteroatoms. The smallest absolute Gasteiger partial charge is 0.123 e. The zero-order valence-corrected chi connectivity index (χ0v) is 12.1. The SMILES string of the molecule is NC1CCCN(Cc2cnn(Cc3ccc(F)cc3)c2)C1. The first kappa shape index (κ1) is 14.2. The molecular formula is C16H21FN4. The predicted molar refractivity (Wildman–Crippen MR) is 80.2 cm³/mol. The van der Waals surface area contributed by atoms with Gasteiger partial charge in [0.25, 0.3) is 0 Å². The minimum atomic E-state index is -0.207. The molecule has 4 nitrogen and oxygen atoms in total. The summed E-state index contributed by atoms with van der Waals surface area (Å²) in [4.78, 5) is 2.38. The van der Waals surface area contributed by atoms with Crippen LogP contribution in [-0.2, 0) is 13.1 Å². The number of benzene rings is 1. The molecule has 1 aliphatic heterocycles. The summed E-state index contributed by atoms with van der Waals surface area (Å²) in [7, 11) is 0. The second-order valence-electron chi connectivity index (χ2n) is 5.81. The van der Waals surface area contributed by atoms with Gasteiger partial charge in [-0.25, -0.2) is 4.39 Å². The maximum Gasteiger partial charge on any atom is 0.123 e. The predicted octanol–water partition coefficient (Wildman–Crippen LogP) is 1.99. The summed E-state index contributed by atoms with van der Waals surface area (Å²) in [6.45, 7) is 3.64. The highest BCUT2D eigenvalue weighted by atomic mass is 19.1. The van der Waals surface area contributed by atoms with Crippen molar-refractivity contribution in [3.8, 4) is 0 Å². The van der Waals surface area contributed by atoms with Crippen LogP contribution in [0.15, 0.2) is 36.7 Å². The van der Waals surface area contributed by atoms with E-state index in [1.54, 1.807) is 12.1 Å². The minimum Gasteiger partial charge on any atom is -0.327 e. The van der Waals surface area contributed by atoms with Crippen LogP contribution >= 0.6 is 0 Å². The van der Waals surface area contributed by atoms with Crippen LogP contribution in [0.3, 0.4) is 0 Å². The van der Waals surface area contributed by atoms with E-state index in [2.05, 4.69) is 16.2 Å². The van der Waals surface area contributed by atoms with Gasteiger partial charge >= 0.3 is 0 Å². The van der Waals surface area contributed by atoms with Gasteiger partial charge in [0.2, 0.25) is 0 Å². The van der Waals surface area contributed by atoms with Crippen molar-refractivity contribution in [1.82, 2.24) is 14.7 Å². The zero-order chi connectivity index (χ0) is 14.7. The van der Waals surface area contributed by atoms with Crippen LogP contribution in [0.1, 0.15) is 24.0 Å². The van der Waals surface area contributed by atoms with E-state index < -0.39 is 0 Å². The summed E-state index contributed by atoms with van der Waals surface area (Å²) in [6, 6.07) is 6.85. The van der Waals surface area contributed by atoms with Crippen molar-refractivity contribution in [3.05, 3.63) is 53.6 Å². The molecule has 1 fully saturated rings. The second-order valence-corrected chi connectivity index (χ2v) is 5.81. The van der Waals surface area contributed by atoms with Crippen molar-refractivity contribution in [1.29, 1.82) is 0 Å². The van der Waals surface area contributed by atoms with E-state index in [-0.39, 0.29) is 5.82 Å². The molecule has 0 radical (unpaired) electrons. The molecule has 2 N–H and O–H groups in total. The standard InChI is InChI=1S/C16H21FN4/c17-15-5-3-13(4-6-15)10-21-11-14(8-19-21)9-20-7-1-2-16(18)12-20/h3-6,8,11,16H,1-2,7,9-10,12,18H2. The highest BCUT2D eigenvalue weighted by Crippen LogP contribution is 2.13. The van der Waals surface area contributed by atoms with Gasteiger partial charge in [0.15, 0.2) is 0 Å². The number of piperidine rings is 1. The van der Waals surface area contributed by atoms with Crippen LogP contribution in [0.5, 0.6) is 0 Å². The lowest BCUT2D eigenvalue weighted by molar-refractivity contribution is 0.201. The first-order valence-corrected chi connectivity index (χ1v) is 7.43. The fourth-order valence-corrected chi connectivity index (χ4v) is 2.84. The Morgan fingerprint density at radius 3 is 2.76 bits per heavy atom. The molecule has 1 unspecified atom stereocenters. The summed E-state index contributed by atoms with van der Waals surface area (Å²) in [6.07, 6.45) is 6.26. The van der Waals surface area contributed by atoms with Crippen molar-refractivity contribution in [2.45, 2.75) is 32.0 Å². The molecule has 0 aliphatic carbocycles. The Morgan fingerprint density at radius 2 is 2.00 bits per heavy atom. The Kier molecular flexibility index (Phi) is 4.31. The number of hydrogen-bond acceptors (Lipinski definition) is 3. The molecule has 1 saturated heterocycles. The van der Waals surface area contributed by atoms with Gasteiger partial charge in [-0.1, -0.05) is 12.1 Å². The van der Waals surface area contributed by atoms with Crippen LogP contribution in [0.25, 0.3) is 0 Å². The van der Waals surface area contributed by atoms with Gasteiger partial charge in [-0.3, -0.25) is 9.58 Å². The molecule has 0 saturated carbocycles. The molecular weight excluding hydrogens is 267 g/mol. The fraction of sp³-hybridized carbons (Fsp3) is 0.438. The fourth-order valence-electron chi connectivity index (χ4n) is 2.84. The number of nitrogens with two attached hydrogens (primary N) is 1. The van der Waals surface area contributed by atoms with E-state index in [1.165, 1.54) is 24.1 Å². The Labute approximate surface area is 124 Å². The molecule has 1 atom stereocenters. The third kappa shape index (κ3) is 3.89. The van der Waals surface area contributed by atoms with Gasteiger partial charge in [0.1, 0.15) is 5.82 Å². The summed E-state index contributed by atoms with van der Waals surface area (Å²) in [5.74, 6) is -0.207. The van der Waals surface area contributed by atoms with Crippen molar-refractivity contribution in [2.24, 2.45) is 5.73 Å². The van der Waals surface area contributed by atoms with Crippen LogP contribution in [0, 0.1) is 5.82 Å². The molecule has 2 heterocycles. The number of aromatic nitrogens is 2. The molecule has 2 aromatic rings. The van der Waals surface area contributed by atoms with Gasteiger partial charge in [-0.15, -0.1) is 0 Å². The van der Waals surface area contributed by atoms with E-state index in [1.807, 2.05) is 10.9 Å². The molecule has 1 aliphatic rings. The summed E-state index contributed by atoms with van der Waals surface area (Å²) >= 11 is 0. The van der Waals surface area contributed by atoms with E-state index >= 15 is 0 Å². The number of hydrogen-bond donors (Lipinski definition) is 1. The molecule has 3 rings (SSSR count). The minimum absolute atomic E-state index is 0.207. The molecule has 112 valence electrons. The number of rotatable bonds is 4. The summed E-state index contributed by atoms with van der Waals surface area (Å²) < 4.78 is 14.8. The molecule has 0 bridgehead atoms. The lowest BCUT2D eigenvalue weighted by atomic mass is 10.1. The quantitative estimate of drug-likeness (QED) is 0.936. The van der Waals surface area contributed by atoms with Crippen LogP contribution in [0.4, 0.5) is 4.39 Å². The van der Waals surface area contributed by atoms with E-state index in [0.717, 1.165) is 31.6 Å². The van der Waals surface area contributed by atoms with Gasteiger partial charge < -0.3 is 5.73 Å². The highest BCUT2D eigenvalue weighted by molar-refractivity contribution is 5.16. The largest absolute Gasteiger partial charge is 0.327 e. The average Bonchev–Trinajstić information content (AvgIpc) is 2.89. The number of halogens is 1.